The van der Waals surface area contributed by atoms with Gasteiger partial charge in [-0.1, -0.05) is 23.2 Å². The average molecular weight is 416 g/mol. The van der Waals surface area contributed by atoms with Crippen LogP contribution in [0.25, 0.3) is 16.9 Å². The molecule has 3 aromatic rings. The second kappa shape index (κ2) is 6.72. The van der Waals surface area contributed by atoms with E-state index in [0.717, 1.165) is 0 Å². The molecule has 0 bridgehead atoms. The van der Waals surface area contributed by atoms with Crippen LogP contribution in [-0.4, -0.2) is 45.2 Å². The topological polar surface area (TPSA) is 74.4 Å². The number of halogens is 4. The van der Waals surface area contributed by atoms with Gasteiger partial charge in [0.1, 0.15) is 0 Å². The first-order valence-corrected chi connectivity index (χ1v) is 8.68. The fourth-order valence-corrected chi connectivity index (χ4v) is 3.35. The molecule has 0 unspecified atom stereocenters. The van der Waals surface area contributed by atoms with Crippen molar-refractivity contribution in [2.45, 2.75) is 18.8 Å². The molecule has 0 radical (unpaired) electrons. The molecule has 3 aromatic heterocycles. The lowest BCUT2D eigenvalue weighted by Gasteiger charge is -2.10. The maximum Gasteiger partial charge on any atom is 0.319 e. The van der Waals surface area contributed by atoms with Crippen molar-refractivity contribution >= 4 is 28.8 Å². The number of hydrogen-bond donors (Lipinski definition) is 0. The molecule has 142 valence electrons. The van der Waals surface area contributed by atoms with Crippen LogP contribution in [0.4, 0.5) is 8.78 Å². The lowest BCUT2D eigenvalue weighted by atomic mass is 10.1. The summed E-state index contributed by atoms with van der Waals surface area (Å²) in [5, 5.41) is 4.57. The van der Waals surface area contributed by atoms with Gasteiger partial charge in [-0.05, 0) is 18.4 Å². The summed E-state index contributed by atoms with van der Waals surface area (Å²) < 4.78 is 37.8. The van der Waals surface area contributed by atoms with Gasteiger partial charge in [-0.2, -0.15) is 14.6 Å². The molecule has 11 heteroatoms. The van der Waals surface area contributed by atoms with E-state index >= 15 is 0 Å². The highest BCUT2D eigenvalue weighted by molar-refractivity contribution is 6.40. The van der Waals surface area contributed by atoms with Gasteiger partial charge in [-0.25, -0.2) is 18.7 Å². The van der Waals surface area contributed by atoms with Gasteiger partial charge in [-0.3, -0.25) is 0 Å². The zero-order chi connectivity index (χ0) is 19.3. The first kappa shape index (κ1) is 18.1. The van der Waals surface area contributed by atoms with Crippen molar-refractivity contribution < 1.29 is 18.3 Å². The monoisotopic (exact) mass is 415 g/mol. The third-order valence-corrected chi connectivity index (χ3v) is 5.16. The molecule has 7 nitrogen and oxygen atoms in total. The lowest BCUT2D eigenvalue weighted by Crippen LogP contribution is -2.04. The van der Waals surface area contributed by atoms with Gasteiger partial charge in [0.2, 0.25) is 12.3 Å². The summed E-state index contributed by atoms with van der Waals surface area (Å²) in [7, 11) is 2.88. The first-order valence-electron chi connectivity index (χ1n) is 7.92. The normalized spacial score (nSPS) is 18.9. The number of imidazole rings is 1. The van der Waals surface area contributed by atoms with E-state index in [1.54, 1.807) is 6.07 Å². The van der Waals surface area contributed by atoms with E-state index in [0.29, 0.717) is 28.9 Å². The minimum atomic E-state index is -2.41. The quantitative estimate of drug-likeness (QED) is 0.629. The van der Waals surface area contributed by atoms with Crippen LogP contribution < -0.4 is 9.47 Å². The fraction of sp³-hybridized carbons (Fsp3) is 0.375. The van der Waals surface area contributed by atoms with Crippen LogP contribution in [0.3, 0.4) is 0 Å². The van der Waals surface area contributed by atoms with Crippen molar-refractivity contribution in [1.29, 1.82) is 0 Å². The molecule has 27 heavy (non-hydrogen) atoms. The van der Waals surface area contributed by atoms with Crippen LogP contribution in [0.2, 0.25) is 10.3 Å². The maximum atomic E-state index is 13.1. The Kier molecular flexibility index (Phi) is 4.51. The van der Waals surface area contributed by atoms with Crippen LogP contribution >= 0.6 is 23.2 Å². The number of nitrogens with zero attached hydrogens (tertiary/aromatic N) is 5. The number of hydrogen-bond acceptors (Lipinski definition) is 6. The summed E-state index contributed by atoms with van der Waals surface area (Å²) >= 11 is 12.2. The second-order valence-corrected chi connectivity index (χ2v) is 6.75. The molecule has 1 saturated carbocycles. The number of ether oxygens (including phenoxy) is 2. The molecule has 0 saturated heterocycles. The number of alkyl halides is 2. The third kappa shape index (κ3) is 3.04. The molecule has 4 rings (SSSR count). The van der Waals surface area contributed by atoms with Gasteiger partial charge < -0.3 is 9.47 Å². The summed E-state index contributed by atoms with van der Waals surface area (Å²) in [6, 6.07) is 1.80. The van der Waals surface area contributed by atoms with Crippen molar-refractivity contribution in [3.63, 3.8) is 0 Å². The minimum absolute atomic E-state index is 0.0507. The van der Waals surface area contributed by atoms with Gasteiger partial charge >= 0.3 is 6.01 Å². The Morgan fingerprint density at radius 3 is 2.63 bits per heavy atom. The Labute approximate surface area is 162 Å². The Balaban J connectivity index is 1.91. The van der Waals surface area contributed by atoms with Gasteiger partial charge in [0.25, 0.3) is 0 Å². The van der Waals surface area contributed by atoms with E-state index in [-0.39, 0.29) is 28.1 Å². The highest BCUT2D eigenvalue weighted by atomic mass is 35.5. The largest absolute Gasteiger partial charge is 0.480 e. The molecule has 1 fully saturated rings. The van der Waals surface area contributed by atoms with Crippen molar-refractivity contribution in [3.8, 4) is 23.1 Å². The van der Waals surface area contributed by atoms with Crippen LogP contribution in [-0.2, 0) is 0 Å². The van der Waals surface area contributed by atoms with E-state index < -0.39 is 12.3 Å². The summed E-state index contributed by atoms with van der Waals surface area (Å²) in [6.45, 7) is 0. The summed E-state index contributed by atoms with van der Waals surface area (Å²) in [5.41, 5.74) is 1.80. The smallest absolute Gasteiger partial charge is 0.319 e. The highest BCUT2D eigenvalue weighted by Crippen LogP contribution is 2.52. The molecule has 0 amide bonds. The summed E-state index contributed by atoms with van der Waals surface area (Å²) in [5.74, 6) is -0.857. The van der Waals surface area contributed by atoms with E-state index in [9.17, 15) is 8.78 Å². The number of methoxy groups -OCH3 is 2. The Hall–Kier alpha value is -2.26. The van der Waals surface area contributed by atoms with Crippen molar-refractivity contribution in [3.05, 3.63) is 28.1 Å². The van der Waals surface area contributed by atoms with Gasteiger partial charge in [-0.15, -0.1) is 0 Å². The SMILES string of the molecule is COc1ncc(-c2cc([C@H]3C[C@@H]3C(F)F)c3nc(Cl)c(Cl)n3n2)c(OC)n1. The Morgan fingerprint density at radius 2 is 2.00 bits per heavy atom. The first-order chi connectivity index (χ1) is 12.9. The second-order valence-electron chi connectivity index (χ2n) is 6.03. The number of aromatic nitrogens is 5. The Bertz CT molecular complexity index is 1030. The van der Waals surface area contributed by atoms with Crippen molar-refractivity contribution in [2.75, 3.05) is 14.2 Å². The zero-order valence-electron chi connectivity index (χ0n) is 14.2. The molecule has 1 aliphatic carbocycles. The predicted molar refractivity (Wildman–Crippen MR) is 94.0 cm³/mol. The molecule has 0 aromatic carbocycles. The van der Waals surface area contributed by atoms with Crippen molar-refractivity contribution in [2.24, 2.45) is 5.92 Å². The Morgan fingerprint density at radius 1 is 1.22 bits per heavy atom. The molecule has 0 aliphatic heterocycles. The van der Waals surface area contributed by atoms with E-state index in [1.807, 2.05) is 0 Å². The van der Waals surface area contributed by atoms with Gasteiger partial charge in [0.15, 0.2) is 16.0 Å². The molecular weight excluding hydrogens is 403 g/mol. The summed E-state index contributed by atoms with van der Waals surface area (Å²) in [6.07, 6.45) is -0.576. The number of rotatable bonds is 5. The third-order valence-electron chi connectivity index (χ3n) is 4.47. The maximum absolute atomic E-state index is 13.1. The minimum Gasteiger partial charge on any atom is -0.480 e. The molecular formula is C16H13Cl2F2N5O2. The standard InChI is InChI=1S/C16H13Cl2F2N5O2/c1-26-15-9(5-21-16(23-15)27-2)10-4-8(6-3-7(6)13(19)20)14-22-11(17)12(18)25(14)24-10/h4-7,13H,3H2,1-2H3/t6-,7-/m0/s1. The van der Waals surface area contributed by atoms with E-state index in [4.69, 9.17) is 32.7 Å². The van der Waals surface area contributed by atoms with Gasteiger partial charge in [0.05, 0.1) is 25.5 Å². The highest BCUT2D eigenvalue weighted by Gasteiger charge is 2.46. The van der Waals surface area contributed by atoms with E-state index in [2.05, 4.69) is 20.1 Å². The molecule has 0 spiro atoms. The molecule has 2 atom stereocenters. The summed E-state index contributed by atoms with van der Waals surface area (Å²) in [4.78, 5) is 12.4. The lowest BCUT2D eigenvalue weighted by molar-refractivity contribution is 0.120. The van der Waals surface area contributed by atoms with E-state index in [1.165, 1.54) is 24.9 Å². The van der Waals surface area contributed by atoms with Crippen LogP contribution in [0, 0.1) is 5.92 Å². The van der Waals surface area contributed by atoms with Crippen LogP contribution in [0.5, 0.6) is 11.9 Å². The number of fused-ring (bicyclic) bond motifs is 1. The van der Waals surface area contributed by atoms with Crippen LogP contribution in [0.15, 0.2) is 12.3 Å². The molecule has 0 N–H and O–H groups in total. The van der Waals surface area contributed by atoms with Crippen LogP contribution in [0.1, 0.15) is 17.9 Å². The predicted octanol–water partition coefficient (Wildman–Crippen LogP) is 3.88. The fourth-order valence-electron chi connectivity index (χ4n) is 3.03. The van der Waals surface area contributed by atoms with Gasteiger partial charge in [0, 0.05) is 17.7 Å². The van der Waals surface area contributed by atoms with Crippen molar-refractivity contribution in [1.82, 2.24) is 24.6 Å². The average Bonchev–Trinajstić information content (AvgIpc) is 3.42. The zero-order valence-corrected chi connectivity index (χ0v) is 15.7. The molecule has 1 aliphatic rings. The molecule has 3 heterocycles.